The van der Waals surface area contributed by atoms with Crippen molar-refractivity contribution < 1.29 is 0 Å². The first-order valence-electron chi connectivity index (χ1n) is 6.52. The molecule has 0 aliphatic carbocycles. The van der Waals surface area contributed by atoms with Crippen molar-refractivity contribution in [3.8, 4) is 16.9 Å². The molecule has 0 bridgehead atoms. The Balaban J connectivity index is 2.20. The summed E-state index contributed by atoms with van der Waals surface area (Å²) in [6.07, 6.45) is 3.49. The molecule has 0 aliphatic rings. The summed E-state index contributed by atoms with van der Waals surface area (Å²) >= 11 is 6.20. The van der Waals surface area contributed by atoms with E-state index >= 15 is 0 Å². The molecule has 2 N–H and O–H groups in total. The standard InChI is InChI=1S/C15H14ClN5/c1-10-4-5-12(7-13(10)16)21-15(14(8-17)19-20-21)11-3-2-6-18-9-11/h2-7,9H,8,17H2,1H3. The van der Waals surface area contributed by atoms with Crippen LogP contribution in [0.5, 0.6) is 0 Å². The van der Waals surface area contributed by atoms with Gasteiger partial charge in [0.15, 0.2) is 0 Å². The van der Waals surface area contributed by atoms with Crippen LogP contribution < -0.4 is 5.73 Å². The molecule has 0 saturated carbocycles. The average Bonchev–Trinajstić information content (AvgIpc) is 2.95. The molecule has 0 fully saturated rings. The van der Waals surface area contributed by atoms with Gasteiger partial charge in [0.25, 0.3) is 0 Å². The molecule has 3 rings (SSSR count). The maximum Gasteiger partial charge on any atom is 0.105 e. The van der Waals surface area contributed by atoms with E-state index in [2.05, 4.69) is 15.3 Å². The number of nitrogens with two attached hydrogens (primary N) is 1. The molecular weight excluding hydrogens is 286 g/mol. The van der Waals surface area contributed by atoms with Gasteiger partial charge in [-0.2, -0.15) is 0 Å². The van der Waals surface area contributed by atoms with Crippen LogP contribution in [0.2, 0.25) is 5.02 Å². The van der Waals surface area contributed by atoms with Crippen LogP contribution in [-0.2, 0) is 6.54 Å². The Kier molecular flexibility index (Phi) is 3.68. The summed E-state index contributed by atoms with van der Waals surface area (Å²) in [4.78, 5) is 4.15. The lowest BCUT2D eigenvalue weighted by Gasteiger charge is -2.09. The predicted octanol–water partition coefficient (Wildman–Crippen LogP) is 2.75. The zero-order valence-electron chi connectivity index (χ0n) is 11.5. The zero-order chi connectivity index (χ0) is 14.8. The van der Waals surface area contributed by atoms with E-state index in [9.17, 15) is 0 Å². The average molecular weight is 300 g/mol. The lowest BCUT2D eigenvalue weighted by atomic mass is 10.1. The minimum Gasteiger partial charge on any atom is -0.325 e. The highest BCUT2D eigenvalue weighted by molar-refractivity contribution is 6.31. The number of nitrogens with zero attached hydrogens (tertiary/aromatic N) is 4. The van der Waals surface area contributed by atoms with E-state index in [4.69, 9.17) is 17.3 Å². The van der Waals surface area contributed by atoms with E-state index in [0.717, 1.165) is 28.2 Å². The maximum atomic E-state index is 6.20. The quantitative estimate of drug-likeness (QED) is 0.807. The summed E-state index contributed by atoms with van der Waals surface area (Å²) in [5.74, 6) is 0. The van der Waals surface area contributed by atoms with E-state index in [-0.39, 0.29) is 0 Å². The molecule has 0 unspecified atom stereocenters. The van der Waals surface area contributed by atoms with E-state index < -0.39 is 0 Å². The topological polar surface area (TPSA) is 69.6 Å². The number of halogens is 1. The molecule has 1 aromatic carbocycles. The van der Waals surface area contributed by atoms with Crippen LogP contribution in [0.15, 0.2) is 42.7 Å². The minimum atomic E-state index is 0.309. The number of pyridine rings is 1. The van der Waals surface area contributed by atoms with Crippen LogP contribution in [0.3, 0.4) is 0 Å². The number of rotatable bonds is 3. The number of benzene rings is 1. The summed E-state index contributed by atoms with van der Waals surface area (Å²) in [6, 6.07) is 9.60. The van der Waals surface area contributed by atoms with Gasteiger partial charge in [0.1, 0.15) is 11.4 Å². The molecular formula is C15H14ClN5. The van der Waals surface area contributed by atoms with Crippen molar-refractivity contribution in [2.75, 3.05) is 0 Å². The van der Waals surface area contributed by atoms with E-state index in [1.807, 2.05) is 37.3 Å². The maximum absolute atomic E-state index is 6.20. The van der Waals surface area contributed by atoms with E-state index in [0.29, 0.717) is 11.6 Å². The first kappa shape index (κ1) is 13.7. The van der Waals surface area contributed by atoms with Crippen molar-refractivity contribution in [1.29, 1.82) is 0 Å². The highest BCUT2D eigenvalue weighted by Gasteiger charge is 2.15. The van der Waals surface area contributed by atoms with Crippen LogP contribution in [0.1, 0.15) is 11.3 Å². The van der Waals surface area contributed by atoms with Crippen LogP contribution >= 0.6 is 11.6 Å². The molecule has 5 nitrogen and oxygen atoms in total. The Morgan fingerprint density at radius 2 is 2.14 bits per heavy atom. The predicted molar refractivity (Wildman–Crippen MR) is 82.2 cm³/mol. The van der Waals surface area contributed by atoms with Gasteiger partial charge in [0.05, 0.1) is 5.69 Å². The smallest absolute Gasteiger partial charge is 0.105 e. The zero-order valence-corrected chi connectivity index (χ0v) is 12.2. The molecule has 3 aromatic rings. The molecule has 0 radical (unpaired) electrons. The third kappa shape index (κ3) is 2.53. The summed E-state index contributed by atoms with van der Waals surface area (Å²) in [6.45, 7) is 2.27. The fraction of sp³-hybridized carbons (Fsp3) is 0.133. The van der Waals surface area contributed by atoms with E-state index in [1.165, 1.54) is 0 Å². The minimum absolute atomic E-state index is 0.309. The van der Waals surface area contributed by atoms with Crippen molar-refractivity contribution in [2.24, 2.45) is 5.73 Å². The van der Waals surface area contributed by atoms with Crippen LogP contribution in [-0.4, -0.2) is 20.0 Å². The molecule has 6 heteroatoms. The molecule has 0 amide bonds. The van der Waals surface area contributed by atoms with E-state index in [1.54, 1.807) is 17.1 Å². The lowest BCUT2D eigenvalue weighted by molar-refractivity contribution is 0.799. The Morgan fingerprint density at radius 3 is 2.81 bits per heavy atom. The monoisotopic (exact) mass is 299 g/mol. The summed E-state index contributed by atoms with van der Waals surface area (Å²) < 4.78 is 1.74. The Hall–Kier alpha value is -2.24. The fourth-order valence-corrected chi connectivity index (χ4v) is 2.31. The highest BCUT2D eigenvalue weighted by Crippen LogP contribution is 2.26. The highest BCUT2D eigenvalue weighted by atomic mass is 35.5. The third-order valence-electron chi connectivity index (χ3n) is 3.27. The van der Waals surface area contributed by atoms with Gasteiger partial charge in [-0.25, -0.2) is 4.68 Å². The Morgan fingerprint density at radius 1 is 1.29 bits per heavy atom. The van der Waals surface area contributed by atoms with Crippen LogP contribution in [0.25, 0.3) is 16.9 Å². The van der Waals surface area contributed by atoms with Crippen LogP contribution in [0, 0.1) is 6.92 Å². The van der Waals surface area contributed by atoms with Crippen molar-refractivity contribution in [1.82, 2.24) is 20.0 Å². The Labute approximate surface area is 127 Å². The second-order valence-electron chi connectivity index (χ2n) is 4.68. The number of aromatic nitrogens is 4. The van der Waals surface area contributed by atoms with Gasteiger partial charge in [-0.1, -0.05) is 22.9 Å². The largest absolute Gasteiger partial charge is 0.325 e. The van der Waals surface area contributed by atoms with Gasteiger partial charge in [0, 0.05) is 29.5 Å². The SMILES string of the molecule is Cc1ccc(-n2nnc(CN)c2-c2cccnc2)cc1Cl. The van der Waals surface area contributed by atoms with Crippen LogP contribution in [0.4, 0.5) is 0 Å². The number of hydrogen-bond acceptors (Lipinski definition) is 4. The summed E-state index contributed by atoms with van der Waals surface area (Å²) in [5.41, 5.74) is 10.1. The lowest BCUT2D eigenvalue weighted by Crippen LogP contribution is -2.03. The summed E-state index contributed by atoms with van der Waals surface area (Å²) in [5, 5.41) is 9.05. The molecule has 21 heavy (non-hydrogen) atoms. The molecule has 0 saturated heterocycles. The van der Waals surface area contributed by atoms with Crippen molar-refractivity contribution in [3.05, 3.63) is 59.0 Å². The van der Waals surface area contributed by atoms with Gasteiger partial charge in [-0.05, 0) is 36.8 Å². The summed E-state index contributed by atoms with van der Waals surface area (Å²) in [7, 11) is 0. The van der Waals surface area contributed by atoms with Crippen molar-refractivity contribution >= 4 is 11.6 Å². The van der Waals surface area contributed by atoms with Gasteiger partial charge < -0.3 is 5.73 Å². The molecule has 0 aliphatic heterocycles. The molecule has 2 heterocycles. The first-order valence-corrected chi connectivity index (χ1v) is 6.90. The van der Waals surface area contributed by atoms with Gasteiger partial charge in [-0.3, -0.25) is 4.98 Å². The third-order valence-corrected chi connectivity index (χ3v) is 3.68. The Bertz CT molecular complexity index is 767. The number of hydrogen-bond donors (Lipinski definition) is 1. The van der Waals surface area contributed by atoms with Crippen molar-refractivity contribution in [3.63, 3.8) is 0 Å². The van der Waals surface area contributed by atoms with Crippen molar-refractivity contribution in [2.45, 2.75) is 13.5 Å². The second kappa shape index (κ2) is 5.63. The fourth-order valence-electron chi connectivity index (χ4n) is 2.14. The molecule has 0 spiro atoms. The molecule has 2 aromatic heterocycles. The number of aryl methyl sites for hydroxylation is 1. The first-order chi connectivity index (χ1) is 10.2. The molecule has 0 atom stereocenters. The van der Waals surface area contributed by atoms with Gasteiger partial charge in [0.2, 0.25) is 0 Å². The van der Waals surface area contributed by atoms with Gasteiger partial charge in [-0.15, -0.1) is 5.10 Å². The molecule has 106 valence electrons. The van der Waals surface area contributed by atoms with Gasteiger partial charge >= 0.3 is 0 Å². The normalized spacial score (nSPS) is 10.8. The second-order valence-corrected chi connectivity index (χ2v) is 5.08.